The van der Waals surface area contributed by atoms with E-state index in [9.17, 15) is 19.2 Å². The second kappa shape index (κ2) is 16.9. The average molecular weight is 781 g/mol. The standard InChI is InChI=1S/C42H56N10O5/c1-24(2)36(45-26(5)53)40(54)51-17-7-10-34(51)39-44-23-32(48-39)29-11-13-30-28(21-29)12-14-35(46-30)50-19-15-27(16-20-50)31-22-43-38(47-31)33-9-8-18-52(33)41(55)37(25(3)4)49-42(56)57-6/h11-14,21-25,27,33-34,36-37H,7-10,15-20H2,1-6H3,(H,43,47)(H,44,48)(H,45,53)(H,49,56)/t33-,34-,36-,37-/m0/s1. The molecule has 304 valence electrons. The van der Waals surface area contributed by atoms with E-state index in [2.05, 4.69) is 49.8 Å². The fourth-order valence-electron chi connectivity index (χ4n) is 8.68. The number of nitrogens with one attached hydrogen (secondary N) is 4. The molecule has 3 saturated heterocycles. The molecule has 7 rings (SSSR count). The minimum Gasteiger partial charge on any atom is -0.453 e. The number of ether oxygens (including phenoxy) is 1. The van der Waals surface area contributed by atoms with E-state index in [1.54, 1.807) is 0 Å². The van der Waals surface area contributed by atoms with E-state index >= 15 is 0 Å². The van der Waals surface area contributed by atoms with Gasteiger partial charge in [-0.15, -0.1) is 0 Å². The molecule has 0 radical (unpaired) electrons. The van der Waals surface area contributed by atoms with Gasteiger partial charge in [0.15, 0.2) is 0 Å². The van der Waals surface area contributed by atoms with Gasteiger partial charge in [-0.3, -0.25) is 14.4 Å². The van der Waals surface area contributed by atoms with Crippen molar-refractivity contribution in [2.24, 2.45) is 11.8 Å². The van der Waals surface area contributed by atoms with Crippen molar-refractivity contribution in [1.82, 2.24) is 45.4 Å². The third-order valence-electron chi connectivity index (χ3n) is 11.8. The zero-order valence-corrected chi connectivity index (χ0v) is 33.9. The highest BCUT2D eigenvalue weighted by molar-refractivity contribution is 5.88. The summed E-state index contributed by atoms with van der Waals surface area (Å²) >= 11 is 0. The minimum atomic E-state index is -0.665. The van der Waals surface area contributed by atoms with Gasteiger partial charge in [-0.25, -0.2) is 19.7 Å². The maximum Gasteiger partial charge on any atom is 0.407 e. The molecule has 0 saturated carbocycles. The summed E-state index contributed by atoms with van der Waals surface area (Å²) in [4.78, 5) is 78.5. The number of benzene rings is 1. The monoisotopic (exact) mass is 780 g/mol. The molecule has 0 unspecified atom stereocenters. The molecule has 0 spiro atoms. The fraction of sp³-hybridized carbons (Fsp3) is 0.548. The number of amides is 4. The topological polar surface area (TPSA) is 182 Å². The van der Waals surface area contributed by atoms with Gasteiger partial charge in [0.05, 0.1) is 36.6 Å². The first-order valence-corrected chi connectivity index (χ1v) is 20.4. The van der Waals surface area contributed by atoms with Crippen LogP contribution in [0.2, 0.25) is 0 Å². The van der Waals surface area contributed by atoms with Crippen molar-refractivity contribution in [2.75, 3.05) is 38.2 Å². The molecule has 15 nitrogen and oxygen atoms in total. The lowest BCUT2D eigenvalue weighted by Gasteiger charge is -2.32. The molecule has 0 bridgehead atoms. The average Bonchev–Trinajstić information content (AvgIpc) is 4.05. The molecule has 4 atom stereocenters. The minimum absolute atomic E-state index is 0.0255. The molecule has 0 aliphatic carbocycles. The normalized spacial score (nSPS) is 20.0. The summed E-state index contributed by atoms with van der Waals surface area (Å²) in [5, 5.41) is 6.58. The predicted octanol–water partition coefficient (Wildman–Crippen LogP) is 5.60. The van der Waals surface area contributed by atoms with Gasteiger partial charge in [-0.05, 0) is 74.6 Å². The van der Waals surface area contributed by atoms with Crippen molar-refractivity contribution in [1.29, 1.82) is 0 Å². The Morgan fingerprint density at radius 2 is 1.39 bits per heavy atom. The van der Waals surface area contributed by atoms with Crippen LogP contribution in [0.15, 0.2) is 42.7 Å². The van der Waals surface area contributed by atoms with Gasteiger partial charge < -0.3 is 40.0 Å². The molecule has 3 aliphatic heterocycles. The number of piperidine rings is 1. The van der Waals surface area contributed by atoms with Gasteiger partial charge in [0.1, 0.15) is 29.6 Å². The van der Waals surface area contributed by atoms with Crippen molar-refractivity contribution in [2.45, 2.75) is 103 Å². The maximum absolute atomic E-state index is 13.6. The van der Waals surface area contributed by atoms with Gasteiger partial charge in [0.2, 0.25) is 17.7 Å². The number of imidazole rings is 2. The number of methoxy groups -OCH3 is 1. The Bertz CT molecular complexity index is 2090. The number of anilines is 1. The summed E-state index contributed by atoms with van der Waals surface area (Å²) in [5.74, 6) is 2.33. The largest absolute Gasteiger partial charge is 0.453 e. The van der Waals surface area contributed by atoms with Crippen LogP contribution < -0.4 is 15.5 Å². The van der Waals surface area contributed by atoms with Crippen LogP contribution in [0.1, 0.15) is 108 Å². The Morgan fingerprint density at radius 3 is 2.00 bits per heavy atom. The number of H-pyrrole nitrogens is 2. The fourth-order valence-corrected chi connectivity index (χ4v) is 8.68. The van der Waals surface area contributed by atoms with Crippen LogP contribution in [0, 0.1) is 11.8 Å². The van der Waals surface area contributed by atoms with Crippen LogP contribution in [0.4, 0.5) is 10.6 Å². The number of alkyl carbamates (subject to hydrolysis) is 1. The number of rotatable bonds is 11. The van der Waals surface area contributed by atoms with Crippen LogP contribution in [0.25, 0.3) is 22.2 Å². The van der Waals surface area contributed by atoms with E-state index < -0.39 is 18.2 Å². The number of aromatic amines is 2. The lowest BCUT2D eigenvalue weighted by Crippen LogP contribution is -2.51. The van der Waals surface area contributed by atoms with Crippen LogP contribution in [0.5, 0.6) is 0 Å². The van der Waals surface area contributed by atoms with Crippen molar-refractivity contribution in [3.05, 3.63) is 60.1 Å². The van der Waals surface area contributed by atoms with E-state index in [1.165, 1.54) is 14.0 Å². The molecule has 57 heavy (non-hydrogen) atoms. The molecule has 6 heterocycles. The Kier molecular flexibility index (Phi) is 11.8. The number of pyridine rings is 1. The van der Waals surface area contributed by atoms with E-state index in [0.717, 1.165) is 96.9 Å². The summed E-state index contributed by atoms with van der Waals surface area (Å²) in [5.41, 5.74) is 3.88. The predicted molar refractivity (Wildman–Crippen MR) is 216 cm³/mol. The van der Waals surface area contributed by atoms with Crippen molar-refractivity contribution < 1.29 is 23.9 Å². The second-order valence-electron chi connectivity index (χ2n) is 16.4. The number of hydrogen-bond donors (Lipinski definition) is 4. The van der Waals surface area contributed by atoms with Gasteiger partial charge in [-0.2, -0.15) is 0 Å². The van der Waals surface area contributed by atoms with Crippen molar-refractivity contribution in [3.63, 3.8) is 0 Å². The number of aromatic nitrogens is 5. The summed E-state index contributed by atoms with van der Waals surface area (Å²) in [6.07, 6.45) is 8.44. The van der Waals surface area contributed by atoms with Crippen molar-refractivity contribution in [3.8, 4) is 11.3 Å². The maximum atomic E-state index is 13.6. The molecule has 4 N–H and O–H groups in total. The molecule has 3 aromatic heterocycles. The third-order valence-corrected chi connectivity index (χ3v) is 11.8. The molecule has 15 heteroatoms. The van der Waals surface area contributed by atoms with Crippen LogP contribution in [-0.4, -0.2) is 104 Å². The van der Waals surface area contributed by atoms with E-state index in [1.807, 2.05) is 56.0 Å². The van der Waals surface area contributed by atoms with Crippen LogP contribution in [0.3, 0.4) is 0 Å². The highest BCUT2D eigenvalue weighted by Crippen LogP contribution is 2.36. The second-order valence-corrected chi connectivity index (χ2v) is 16.4. The van der Waals surface area contributed by atoms with Gasteiger partial charge in [0, 0.05) is 61.9 Å². The first-order chi connectivity index (χ1) is 27.4. The smallest absolute Gasteiger partial charge is 0.407 e. The van der Waals surface area contributed by atoms with Gasteiger partial charge in [0.25, 0.3) is 0 Å². The molecule has 4 aromatic rings. The third kappa shape index (κ3) is 8.47. The lowest BCUT2D eigenvalue weighted by atomic mass is 9.94. The number of nitrogens with zero attached hydrogens (tertiary/aromatic N) is 6. The summed E-state index contributed by atoms with van der Waals surface area (Å²) in [6, 6.07) is 8.88. The highest BCUT2D eigenvalue weighted by Gasteiger charge is 2.39. The van der Waals surface area contributed by atoms with E-state index in [4.69, 9.17) is 19.7 Å². The number of fused-ring (bicyclic) bond motifs is 1. The zero-order valence-electron chi connectivity index (χ0n) is 33.9. The van der Waals surface area contributed by atoms with Crippen LogP contribution in [-0.2, 0) is 19.1 Å². The van der Waals surface area contributed by atoms with Gasteiger partial charge >= 0.3 is 6.09 Å². The molecule has 4 amide bonds. The molecule has 3 aliphatic rings. The molecule has 3 fully saturated rings. The summed E-state index contributed by atoms with van der Waals surface area (Å²) in [6.45, 7) is 12.2. The quantitative estimate of drug-likeness (QED) is 0.151. The highest BCUT2D eigenvalue weighted by atomic mass is 16.5. The van der Waals surface area contributed by atoms with Crippen molar-refractivity contribution >= 4 is 40.5 Å². The number of likely N-dealkylation sites (tertiary alicyclic amines) is 2. The first kappa shape index (κ1) is 39.8. The summed E-state index contributed by atoms with van der Waals surface area (Å²) in [7, 11) is 1.30. The number of carbonyl (C=O) groups is 4. The zero-order chi connectivity index (χ0) is 40.4. The molecular formula is C42H56N10O5. The van der Waals surface area contributed by atoms with Crippen LogP contribution >= 0.6 is 0 Å². The Hall–Kier alpha value is -5.47. The van der Waals surface area contributed by atoms with E-state index in [-0.39, 0.29) is 41.6 Å². The Morgan fingerprint density at radius 1 is 0.772 bits per heavy atom. The number of carbonyl (C=O) groups excluding carboxylic acids is 4. The van der Waals surface area contributed by atoms with Gasteiger partial charge in [-0.1, -0.05) is 33.8 Å². The Labute approximate surface area is 333 Å². The van der Waals surface area contributed by atoms with E-state index in [0.29, 0.717) is 19.0 Å². The Balaban J connectivity index is 0.971. The molecular weight excluding hydrogens is 725 g/mol. The number of hydrogen-bond acceptors (Lipinski definition) is 9. The lowest BCUT2D eigenvalue weighted by molar-refractivity contribution is -0.138. The summed E-state index contributed by atoms with van der Waals surface area (Å²) < 4.78 is 4.77. The SMILES string of the molecule is COC(=O)N[C@H](C(=O)N1CCC[C@H]1c1ncc(C2CCN(c3ccc4cc(-c5cnc([C@@H]6CCCN6C(=O)[C@@H](NC(C)=O)C(C)C)[nH]5)ccc4n3)CC2)[nH]1)C(C)C. The molecule has 1 aromatic carbocycles. The first-order valence-electron chi connectivity index (χ1n) is 20.4.